The summed E-state index contributed by atoms with van der Waals surface area (Å²) in [6.45, 7) is 4.63. The number of anilines is 1. The van der Waals surface area contributed by atoms with Gasteiger partial charge in [-0.3, -0.25) is 4.79 Å². The lowest BCUT2D eigenvalue weighted by Gasteiger charge is -2.11. The second kappa shape index (κ2) is 6.29. The first-order valence-corrected chi connectivity index (χ1v) is 7.06. The standard InChI is InChI=1S/C14H15Cl2N3O/c1-3-6-19-8-10(15)7-11(19)14(20)18-12-9(2)4-5-17-13(12)16/h4-5,7-8H,3,6H2,1-2H3,(H,18,20). The average Bonchev–Trinajstić information content (AvgIpc) is 2.75. The molecule has 1 N–H and O–H groups in total. The molecule has 0 aromatic carbocycles. The Bertz CT molecular complexity index is 617. The number of aryl methyl sites for hydroxylation is 2. The highest BCUT2D eigenvalue weighted by molar-refractivity contribution is 6.33. The van der Waals surface area contributed by atoms with Crippen molar-refractivity contribution in [3.05, 3.63) is 46.0 Å². The normalized spacial score (nSPS) is 10.6. The summed E-state index contributed by atoms with van der Waals surface area (Å²) in [5.74, 6) is -0.247. The molecule has 106 valence electrons. The van der Waals surface area contributed by atoms with Crippen molar-refractivity contribution < 1.29 is 4.79 Å². The van der Waals surface area contributed by atoms with Crippen molar-refractivity contribution in [2.75, 3.05) is 5.32 Å². The molecule has 0 unspecified atom stereocenters. The van der Waals surface area contributed by atoms with Crippen LogP contribution in [0.25, 0.3) is 0 Å². The number of carbonyl (C=O) groups is 1. The van der Waals surface area contributed by atoms with E-state index in [4.69, 9.17) is 23.2 Å². The molecule has 4 nitrogen and oxygen atoms in total. The van der Waals surface area contributed by atoms with E-state index in [9.17, 15) is 4.79 Å². The van der Waals surface area contributed by atoms with Crippen molar-refractivity contribution in [3.63, 3.8) is 0 Å². The number of nitrogens with one attached hydrogen (secondary N) is 1. The third-order valence-corrected chi connectivity index (χ3v) is 3.41. The molecular formula is C14H15Cl2N3O. The van der Waals surface area contributed by atoms with Crippen molar-refractivity contribution in [3.8, 4) is 0 Å². The zero-order valence-electron chi connectivity index (χ0n) is 11.3. The molecule has 2 aromatic rings. The van der Waals surface area contributed by atoms with E-state index in [0.29, 0.717) is 16.4 Å². The molecule has 2 heterocycles. The van der Waals surface area contributed by atoms with Crippen LogP contribution in [0.1, 0.15) is 29.4 Å². The van der Waals surface area contributed by atoms with Crippen LogP contribution in [-0.2, 0) is 6.54 Å². The maximum absolute atomic E-state index is 12.4. The Morgan fingerprint density at radius 2 is 2.20 bits per heavy atom. The van der Waals surface area contributed by atoms with E-state index in [-0.39, 0.29) is 11.1 Å². The fourth-order valence-electron chi connectivity index (χ4n) is 1.94. The first-order chi connectivity index (χ1) is 9.52. The number of hydrogen-bond acceptors (Lipinski definition) is 2. The van der Waals surface area contributed by atoms with Gasteiger partial charge in [-0.2, -0.15) is 0 Å². The minimum atomic E-state index is -0.247. The summed E-state index contributed by atoms with van der Waals surface area (Å²) >= 11 is 12.0. The number of carbonyl (C=O) groups excluding carboxylic acids is 1. The zero-order chi connectivity index (χ0) is 14.7. The first kappa shape index (κ1) is 14.9. The summed E-state index contributed by atoms with van der Waals surface area (Å²) in [6.07, 6.45) is 4.26. The van der Waals surface area contributed by atoms with E-state index in [1.54, 1.807) is 24.5 Å². The molecule has 20 heavy (non-hydrogen) atoms. The summed E-state index contributed by atoms with van der Waals surface area (Å²) < 4.78 is 1.83. The van der Waals surface area contributed by atoms with Gasteiger partial charge in [-0.05, 0) is 31.0 Å². The maximum Gasteiger partial charge on any atom is 0.272 e. The van der Waals surface area contributed by atoms with Gasteiger partial charge in [0.25, 0.3) is 5.91 Å². The van der Waals surface area contributed by atoms with Crippen LogP contribution in [0, 0.1) is 6.92 Å². The summed E-state index contributed by atoms with van der Waals surface area (Å²) in [7, 11) is 0. The van der Waals surface area contributed by atoms with E-state index in [0.717, 1.165) is 18.5 Å². The number of amides is 1. The van der Waals surface area contributed by atoms with E-state index >= 15 is 0 Å². The topological polar surface area (TPSA) is 46.9 Å². The Morgan fingerprint density at radius 3 is 2.85 bits per heavy atom. The Balaban J connectivity index is 2.28. The highest BCUT2D eigenvalue weighted by atomic mass is 35.5. The van der Waals surface area contributed by atoms with Crippen LogP contribution in [-0.4, -0.2) is 15.5 Å². The SMILES string of the molecule is CCCn1cc(Cl)cc1C(=O)Nc1c(C)ccnc1Cl. The highest BCUT2D eigenvalue weighted by Crippen LogP contribution is 2.24. The predicted octanol–water partition coefficient (Wildman–Crippen LogP) is 4.16. The van der Waals surface area contributed by atoms with Gasteiger partial charge in [0, 0.05) is 18.9 Å². The Hall–Kier alpha value is -1.52. The fraction of sp³-hybridized carbons (Fsp3) is 0.286. The van der Waals surface area contributed by atoms with Gasteiger partial charge in [-0.15, -0.1) is 0 Å². The molecule has 0 aliphatic carbocycles. The van der Waals surface area contributed by atoms with E-state index in [1.165, 1.54) is 0 Å². The second-order valence-corrected chi connectivity index (χ2v) is 5.28. The first-order valence-electron chi connectivity index (χ1n) is 6.31. The second-order valence-electron chi connectivity index (χ2n) is 4.48. The molecule has 0 radical (unpaired) electrons. The molecule has 0 saturated carbocycles. The summed E-state index contributed by atoms with van der Waals surface area (Å²) in [5, 5.41) is 3.61. The number of rotatable bonds is 4. The van der Waals surface area contributed by atoms with Crippen molar-refractivity contribution in [1.29, 1.82) is 0 Å². The van der Waals surface area contributed by atoms with Gasteiger partial charge < -0.3 is 9.88 Å². The van der Waals surface area contributed by atoms with Gasteiger partial charge in [0.15, 0.2) is 5.15 Å². The van der Waals surface area contributed by atoms with Crippen molar-refractivity contribution in [2.24, 2.45) is 0 Å². The predicted molar refractivity (Wildman–Crippen MR) is 81.7 cm³/mol. The minimum absolute atomic E-state index is 0.247. The van der Waals surface area contributed by atoms with Gasteiger partial charge in [0.2, 0.25) is 0 Å². The average molecular weight is 312 g/mol. The minimum Gasteiger partial charge on any atom is -0.342 e. The number of nitrogens with zero attached hydrogens (tertiary/aromatic N) is 2. The van der Waals surface area contributed by atoms with E-state index in [1.807, 2.05) is 18.4 Å². The van der Waals surface area contributed by atoms with Crippen molar-refractivity contribution in [2.45, 2.75) is 26.8 Å². The Morgan fingerprint density at radius 1 is 1.45 bits per heavy atom. The van der Waals surface area contributed by atoms with Crippen molar-refractivity contribution >= 4 is 34.8 Å². The molecule has 6 heteroatoms. The molecule has 0 aliphatic heterocycles. The molecule has 0 fully saturated rings. The van der Waals surface area contributed by atoms with Crippen LogP contribution < -0.4 is 5.32 Å². The van der Waals surface area contributed by atoms with Gasteiger partial charge in [0.05, 0.1) is 10.7 Å². The summed E-state index contributed by atoms with van der Waals surface area (Å²) in [6, 6.07) is 3.44. The van der Waals surface area contributed by atoms with Gasteiger partial charge in [-0.1, -0.05) is 30.1 Å². The lowest BCUT2D eigenvalue weighted by atomic mass is 10.2. The van der Waals surface area contributed by atoms with Gasteiger partial charge >= 0.3 is 0 Å². The molecule has 0 saturated heterocycles. The summed E-state index contributed by atoms with van der Waals surface area (Å²) in [4.78, 5) is 16.3. The molecule has 2 rings (SSSR count). The lowest BCUT2D eigenvalue weighted by Crippen LogP contribution is -2.17. The molecule has 0 aliphatic rings. The van der Waals surface area contributed by atoms with E-state index < -0.39 is 0 Å². The van der Waals surface area contributed by atoms with E-state index in [2.05, 4.69) is 10.3 Å². The van der Waals surface area contributed by atoms with Crippen LogP contribution >= 0.6 is 23.2 Å². The quantitative estimate of drug-likeness (QED) is 0.862. The molecule has 0 bridgehead atoms. The van der Waals surface area contributed by atoms with Crippen molar-refractivity contribution in [1.82, 2.24) is 9.55 Å². The third kappa shape index (κ3) is 3.14. The number of hydrogen-bond donors (Lipinski definition) is 1. The fourth-order valence-corrected chi connectivity index (χ4v) is 2.42. The smallest absolute Gasteiger partial charge is 0.272 e. The highest BCUT2D eigenvalue weighted by Gasteiger charge is 2.15. The Labute approximate surface area is 127 Å². The molecule has 0 spiro atoms. The maximum atomic E-state index is 12.4. The summed E-state index contributed by atoms with van der Waals surface area (Å²) in [5.41, 5.74) is 1.90. The lowest BCUT2D eigenvalue weighted by molar-refractivity contribution is 0.101. The van der Waals surface area contributed by atoms with Gasteiger partial charge in [-0.25, -0.2) is 4.98 Å². The molecule has 1 amide bonds. The van der Waals surface area contributed by atoms with Crippen LogP contribution in [0.4, 0.5) is 5.69 Å². The number of aromatic nitrogens is 2. The largest absolute Gasteiger partial charge is 0.342 e. The van der Waals surface area contributed by atoms with Crippen LogP contribution in [0.5, 0.6) is 0 Å². The third-order valence-electron chi connectivity index (χ3n) is 2.91. The molecule has 0 atom stereocenters. The van der Waals surface area contributed by atoms with Crippen LogP contribution in [0.15, 0.2) is 24.5 Å². The monoisotopic (exact) mass is 311 g/mol. The molecule has 2 aromatic heterocycles. The number of pyridine rings is 1. The van der Waals surface area contributed by atoms with Crippen LogP contribution in [0.3, 0.4) is 0 Å². The van der Waals surface area contributed by atoms with Gasteiger partial charge in [0.1, 0.15) is 5.69 Å². The zero-order valence-corrected chi connectivity index (χ0v) is 12.8. The van der Waals surface area contributed by atoms with Crippen LogP contribution in [0.2, 0.25) is 10.2 Å². The Kier molecular flexibility index (Phi) is 4.68. The molecular weight excluding hydrogens is 297 g/mol. The number of halogens is 2.